The van der Waals surface area contributed by atoms with Crippen LogP contribution in [0.15, 0.2) is 182 Å². The molecule has 0 aliphatic carbocycles. The third kappa shape index (κ3) is 12.3. The lowest BCUT2D eigenvalue weighted by Gasteiger charge is -2.17. The first-order valence-electron chi connectivity index (χ1n) is 25.2. The Morgan fingerprint density at radius 3 is 1.52 bits per heavy atom. The highest BCUT2D eigenvalue weighted by Crippen LogP contribution is 2.37. The smallest absolute Gasteiger partial charge is 0.417 e. The summed E-state index contributed by atoms with van der Waals surface area (Å²) < 4.78 is 48.4. The number of aromatic amines is 3. The summed E-state index contributed by atoms with van der Waals surface area (Å²) in [6, 6.07) is 34.1. The number of carbonyl (C=O) groups is 1. The van der Waals surface area contributed by atoms with Gasteiger partial charge in [0, 0.05) is 98.9 Å². The Kier molecular flexibility index (Phi) is 16.5. The van der Waals surface area contributed by atoms with Crippen LogP contribution in [0.4, 0.5) is 35.9 Å². The molecule has 1 atom stereocenters. The summed E-state index contributed by atoms with van der Waals surface area (Å²) >= 11 is 5.67. The summed E-state index contributed by atoms with van der Waals surface area (Å²) in [4.78, 5) is 82.3. The maximum atomic E-state index is 13.2. The molecule has 1 amide bonds. The fourth-order valence-corrected chi connectivity index (χ4v) is 9.17. The Morgan fingerprint density at radius 2 is 1.04 bits per heavy atom. The van der Waals surface area contributed by atoms with Crippen LogP contribution in [0.3, 0.4) is 0 Å². The Bertz CT molecular complexity index is 4830. The predicted octanol–water partition coefficient (Wildman–Crippen LogP) is 10.7. The van der Waals surface area contributed by atoms with E-state index in [1.54, 1.807) is 79.1 Å². The normalized spacial score (nSPS) is 11.5. The lowest BCUT2D eigenvalue weighted by Crippen LogP contribution is -2.21. The van der Waals surface area contributed by atoms with Crippen molar-refractivity contribution in [1.29, 1.82) is 0 Å². The van der Waals surface area contributed by atoms with Crippen LogP contribution in [-0.4, -0.2) is 60.0 Å². The van der Waals surface area contributed by atoms with Gasteiger partial charge in [0.2, 0.25) is 5.91 Å². The Morgan fingerprint density at radius 1 is 0.600 bits per heavy atom. The van der Waals surface area contributed by atoms with Crippen LogP contribution >= 0.6 is 11.6 Å². The molecule has 7 heterocycles. The minimum atomic E-state index is -4.63. The van der Waals surface area contributed by atoms with Crippen molar-refractivity contribution in [1.82, 2.24) is 44.3 Å². The molecular weight excluding hydrogens is 1130 g/mol. The molecule has 0 saturated heterocycles. The van der Waals surface area contributed by atoms with Crippen LogP contribution < -0.4 is 33.4 Å². The second-order valence-electron chi connectivity index (χ2n) is 18.9. The van der Waals surface area contributed by atoms with E-state index in [0.29, 0.717) is 61.1 Å². The summed E-state index contributed by atoms with van der Waals surface area (Å²) in [6.45, 7) is 7.03. The van der Waals surface area contributed by atoms with Gasteiger partial charge in [0.05, 0.1) is 54.2 Å². The number of nitrogens with one attached hydrogen (secondary N) is 4. The lowest BCUT2D eigenvalue weighted by molar-refractivity contribution is -0.383. The van der Waals surface area contributed by atoms with Crippen molar-refractivity contribution in [2.24, 2.45) is 0 Å². The Hall–Kier alpha value is -11.3. The largest absolute Gasteiger partial charge is 0.431 e. The SMILES string of the molecule is Cc1cc(-n2ccc3c(N)cccc3c2=O)n[nH]1.Cc1cc(-n2ccc3c(NC(=O)C(C)c4ccc(Cl)c(C(F)(F)F)c4)cccc3c2=O)n[nH]1.Cc1cc(-n2ccc3c([N+](=O)[O-])cccc3c2=O)n[nH]1.O=c1occc2c([N+](=O)[O-])cccc12. The van der Waals surface area contributed by atoms with Gasteiger partial charge in [0.25, 0.3) is 28.1 Å². The molecular formula is C58H45ClF3N13O10. The van der Waals surface area contributed by atoms with Gasteiger partial charge in [-0.05, 0) is 106 Å². The third-order valence-corrected chi connectivity index (χ3v) is 13.5. The summed E-state index contributed by atoms with van der Waals surface area (Å²) in [5, 5.41) is 47.8. The van der Waals surface area contributed by atoms with Crippen LogP contribution in [-0.2, 0) is 11.0 Å². The molecule has 12 aromatic rings. The van der Waals surface area contributed by atoms with Crippen LogP contribution in [0.1, 0.15) is 41.1 Å². The molecule has 0 radical (unpaired) electrons. The summed E-state index contributed by atoms with van der Waals surface area (Å²) in [7, 11) is 0. The predicted molar refractivity (Wildman–Crippen MR) is 313 cm³/mol. The van der Waals surface area contributed by atoms with Crippen molar-refractivity contribution in [3.05, 3.63) is 253 Å². The number of non-ortho nitro benzene ring substituents is 2. The summed E-state index contributed by atoms with van der Waals surface area (Å²) in [5.41, 5.74) is 7.01. The number of halogens is 4. The number of hydrogen-bond acceptors (Lipinski definition) is 14. The first-order chi connectivity index (χ1) is 40.5. The maximum absolute atomic E-state index is 13.2. The third-order valence-electron chi connectivity index (χ3n) is 13.2. The Balaban J connectivity index is 0.000000143. The number of hydrogen-bond donors (Lipinski definition) is 5. The lowest BCUT2D eigenvalue weighted by atomic mass is 9.97. The van der Waals surface area contributed by atoms with E-state index in [0.717, 1.165) is 40.9 Å². The molecule has 27 heteroatoms. The second-order valence-corrected chi connectivity index (χ2v) is 19.3. The van der Waals surface area contributed by atoms with Gasteiger partial charge in [-0.25, -0.2) is 4.79 Å². The van der Waals surface area contributed by atoms with Gasteiger partial charge in [0.15, 0.2) is 17.5 Å². The number of carbonyl (C=O) groups excluding carboxylic acids is 1. The van der Waals surface area contributed by atoms with E-state index in [9.17, 15) is 57.4 Å². The van der Waals surface area contributed by atoms with E-state index in [4.69, 9.17) is 17.3 Å². The topological polar surface area (TPSA) is 324 Å². The number of nitrogens with zero attached hydrogens (tertiary/aromatic N) is 8. The number of nitrogens with two attached hydrogens (primary N) is 1. The maximum Gasteiger partial charge on any atom is 0.417 e. The zero-order chi connectivity index (χ0) is 61.0. The number of fused-ring (bicyclic) bond motifs is 4. The van der Waals surface area contributed by atoms with Crippen LogP contribution in [0, 0.1) is 41.0 Å². The Labute approximate surface area is 479 Å². The standard InChI is InChI=1S/C23H18ClF3N4O2.C13H10N4O3.C13H12N4O.C9H5NO4/c1-12-10-20(30-29-12)31-9-8-15-16(22(31)33)4-3-5-19(15)28-21(32)13(2)14-6-7-18(24)17(11-14)23(25,26)27;1-8-7-12(15-14-8)16-6-5-9-10(13(16)18)3-2-4-11(9)17(19)20;1-8-7-12(16-15-8)17-6-5-9-10(13(17)18)3-2-4-11(9)14;11-9-7-2-1-3-8(10(12)13)6(7)4-5-14-9/h3-11,13H,1-2H3,(H,28,32)(H,29,30);2-7H,1H3,(H,14,15);2-7H,14H2,1H3,(H,15,16);1-5H. The fraction of sp³-hybridized carbons (Fsp3) is 0.103. The van der Waals surface area contributed by atoms with E-state index in [-0.39, 0.29) is 39.0 Å². The van der Waals surface area contributed by atoms with E-state index in [1.807, 2.05) is 32.9 Å². The van der Waals surface area contributed by atoms with Crippen LogP contribution in [0.5, 0.6) is 0 Å². The van der Waals surface area contributed by atoms with Gasteiger partial charge >= 0.3 is 11.8 Å². The number of anilines is 2. The first-order valence-corrected chi connectivity index (χ1v) is 25.6. The second kappa shape index (κ2) is 24.0. The fourth-order valence-electron chi connectivity index (χ4n) is 8.95. The average Bonchev–Trinajstić information content (AvgIpc) is 4.47. The van der Waals surface area contributed by atoms with Crippen molar-refractivity contribution in [2.75, 3.05) is 11.1 Å². The van der Waals surface area contributed by atoms with Crippen molar-refractivity contribution in [2.45, 2.75) is 39.8 Å². The molecule has 7 aromatic heterocycles. The zero-order valence-electron chi connectivity index (χ0n) is 44.8. The van der Waals surface area contributed by atoms with Gasteiger partial charge in [0.1, 0.15) is 0 Å². The molecule has 0 fully saturated rings. The molecule has 6 N–H and O–H groups in total. The number of rotatable bonds is 8. The molecule has 12 rings (SSSR count). The highest BCUT2D eigenvalue weighted by Gasteiger charge is 2.34. The quantitative estimate of drug-likeness (QED) is 0.0537. The van der Waals surface area contributed by atoms with Crippen molar-refractivity contribution >= 4 is 83.3 Å². The van der Waals surface area contributed by atoms with Crippen LogP contribution in [0.2, 0.25) is 5.02 Å². The number of H-pyrrole nitrogens is 3. The van der Waals surface area contributed by atoms with E-state index in [1.165, 1.54) is 69.3 Å². The van der Waals surface area contributed by atoms with Gasteiger partial charge in [-0.3, -0.25) is 68.4 Å². The molecule has 5 aromatic carbocycles. The number of benzene rings is 5. The number of pyridine rings is 3. The molecule has 0 aliphatic heterocycles. The number of aromatic nitrogens is 9. The van der Waals surface area contributed by atoms with E-state index >= 15 is 0 Å². The number of nitro groups is 2. The molecule has 85 heavy (non-hydrogen) atoms. The van der Waals surface area contributed by atoms with Gasteiger partial charge in [-0.1, -0.05) is 41.9 Å². The number of nitrogen functional groups attached to an aromatic ring is 1. The minimum absolute atomic E-state index is 0.0787. The van der Waals surface area contributed by atoms with E-state index in [2.05, 4.69) is 40.3 Å². The molecule has 0 aliphatic rings. The molecule has 0 spiro atoms. The molecule has 1 unspecified atom stereocenters. The highest BCUT2D eigenvalue weighted by molar-refractivity contribution is 6.31. The average molecular weight is 1180 g/mol. The number of nitro benzene ring substituents is 2. The minimum Gasteiger partial charge on any atom is -0.431 e. The summed E-state index contributed by atoms with van der Waals surface area (Å²) in [5.74, 6) is 0.0597. The van der Waals surface area contributed by atoms with Crippen molar-refractivity contribution < 1.29 is 32.2 Å². The molecule has 23 nitrogen and oxygen atoms in total. The summed E-state index contributed by atoms with van der Waals surface area (Å²) in [6.07, 6.45) is 1.25. The van der Waals surface area contributed by atoms with Crippen LogP contribution in [0.25, 0.3) is 60.5 Å². The first kappa shape index (κ1) is 58.4. The molecule has 430 valence electrons. The number of aryl methyl sites for hydroxylation is 3. The zero-order valence-corrected chi connectivity index (χ0v) is 45.6. The highest BCUT2D eigenvalue weighted by atomic mass is 35.5. The molecule has 0 saturated carbocycles. The van der Waals surface area contributed by atoms with Gasteiger partial charge in [-0.15, -0.1) is 0 Å². The van der Waals surface area contributed by atoms with Gasteiger partial charge < -0.3 is 15.5 Å². The monoisotopic (exact) mass is 1180 g/mol. The van der Waals surface area contributed by atoms with Crippen molar-refractivity contribution in [3.63, 3.8) is 0 Å². The number of amides is 1. The van der Waals surface area contributed by atoms with E-state index < -0.39 is 44.1 Å². The molecule has 0 bridgehead atoms. The number of alkyl halides is 3. The van der Waals surface area contributed by atoms with Gasteiger partial charge in [-0.2, -0.15) is 28.5 Å². The van der Waals surface area contributed by atoms with Crippen molar-refractivity contribution in [3.8, 4) is 17.5 Å².